The summed E-state index contributed by atoms with van der Waals surface area (Å²) in [5.74, 6) is 0.536. The summed E-state index contributed by atoms with van der Waals surface area (Å²) >= 11 is 7.83. The predicted octanol–water partition coefficient (Wildman–Crippen LogP) is 3.83. The maximum atomic E-state index is 11.9. The summed E-state index contributed by atoms with van der Waals surface area (Å²) in [5, 5.41) is 10.3. The predicted molar refractivity (Wildman–Crippen MR) is 125 cm³/mol. The number of amides is 1. The number of nitrogens with one attached hydrogen (secondary N) is 3. The summed E-state index contributed by atoms with van der Waals surface area (Å²) < 4.78 is 0. The smallest absolute Gasteiger partial charge is 0.242 e. The number of carbonyl (C=O) groups is 1. The molecule has 1 rings (SSSR count). The van der Waals surface area contributed by atoms with Gasteiger partial charge >= 0.3 is 0 Å². The van der Waals surface area contributed by atoms with Gasteiger partial charge in [-0.25, -0.2) is 4.99 Å². The zero-order chi connectivity index (χ0) is 18.9. The summed E-state index contributed by atoms with van der Waals surface area (Å²) in [6.45, 7) is 9.36. The molecule has 8 heteroatoms. The van der Waals surface area contributed by atoms with Crippen LogP contribution in [0.1, 0.15) is 38.5 Å². The molecule has 1 aromatic rings. The standard InChI is InChI=1S/C18H29ClN4OS.HI/c1-6-20-17(22-12-16(24)23-18(2,3)4)21-11-15(25-5)13-8-7-9-14(19)10-13;/h7-10,15H,6,11-12H2,1-5H3,(H,23,24)(H2,20,21,22);1H. The van der Waals surface area contributed by atoms with Crippen LogP contribution in [0.5, 0.6) is 0 Å². The van der Waals surface area contributed by atoms with Crippen molar-refractivity contribution in [3.63, 3.8) is 0 Å². The first-order valence-electron chi connectivity index (χ1n) is 8.36. The minimum atomic E-state index is -0.255. The van der Waals surface area contributed by atoms with Crippen molar-refractivity contribution in [3.05, 3.63) is 34.9 Å². The van der Waals surface area contributed by atoms with E-state index in [-0.39, 0.29) is 47.2 Å². The molecule has 5 nitrogen and oxygen atoms in total. The normalized spacial score (nSPS) is 12.8. The second-order valence-electron chi connectivity index (χ2n) is 6.65. The van der Waals surface area contributed by atoms with E-state index in [0.29, 0.717) is 12.5 Å². The molecule has 1 unspecified atom stereocenters. The van der Waals surface area contributed by atoms with Gasteiger partial charge in [0.1, 0.15) is 6.54 Å². The molecule has 3 N–H and O–H groups in total. The number of benzene rings is 1. The average Bonchev–Trinajstić information content (AvgIpc) is 2.51. The topological polar surface area (TPSA) is 65.5 Å². The van der Waals surface area contributed by atoms with Gasteiger partial charge < -0.3 is 16.0 Å². The number of halogens is 2. The number of hydrogen-bond acceptors (Lipinski definition) is 3. The SMILES string of the molecule is CCNC(=NCC(=O)NC(C)(C)C)NCC(SC)c1cccc(Cl)c1.I. The van der Waals surface area contributed by atoms with Crippen molar-refractivity contribution in [1.82, 2.24) is 16.0 Å². The van der Waals surface area contributed by atoms with Crippen LogP contribution < -0.4 is 16.0 Å². The molecule has 0 spiro atoms. The van der Waals surface area contributed by atoms with Gasteiger partial charge in [0, 0.05) is 28.9 Å². The Labute approximate surface area is 183 Å². The van der Waals surface area contributed by atoms with E-state index in [1.807, 2.05) is 45.9 Å². The van der Waals surface area contributed by atoms with Gasteiger partial charge in [0.15, 0.2) is 5.96 Å². The van der Waals surface area contributed by atoms with Gasteiger partial charge in [0.05, 0.1) is 0 Å². The van der Waals surface area contributed by atoms with Gasteiger partial charge in [0.2, 0.25) is 5.91 Å². The highest BCUT2D eigenvalue weighted by molar-refractivity contribution is 14.0. The van der Waals surface area contributed by atoms with Crippen molar-refractivity contribution in [2.45, 2.75) is 38.5 Å². The molecule has 1 aromatic carbocycles. The summed E-state index contributed by atoms with van der Waals surface area (Å²) in [4.78, 5) is 16.3. The maximum Gasteiger partial charge on any atom is 0.242 e. The van der Waals surface area contributed by atoms with Crippen LogP contribution in [0.4, 0.5) is 0 Å². The molecule has 0 aliphatic rings. The molecule has 0 fully saturated rings. The number of rotatable bonds is 7. The van der Waals surface area contributed by atoms with Crippen molar-refractivity contribution in [2.24, 2.45) is 4.99 Å². The van der Waals surface area contributed by atoms with Crippen LogP contribution in [-0.4, -0.2) is 43.3 Å². The number of thioether (sulfide) groups is 1. The molecular formula is C18H30ClIN4OS. The van der Waals surface area contributed by atoms with E-state index >= 15 is 0 Å². The zero-order valence-corrected chi connectivity index (χ0v) is 20.0. The van der Waals surface area contributed by atoms with Crippen LogP contribution in [0.15, 0.2) is 29.3 Å². The average molecular weight is 513 g/mol. The third-order valence-corrected chi connectivity index (χ3v) is 4.44. The van der Waals surface area contributed by atoms with Crippen molar-refractivity contribution in [1.29, 1.82) is 0 Å². The van der Waals surface area contributed by atoms with Crippen LogP contribution in [0.3, 0.4) is 0 Å². The minimum Gasteiger partial charge on any atom is -0.357 e. The molecule has 0 aliphatic carbocycles. The highest BCUT2D eigenvalue weighted by atomic mass is 127. The molecule has 1 amide bonds. The third-order valence-electron chi connectivity index (χ3n) is 3.20. The number of nitrogens with zero attached hydrogens (tertiary/aromatic N) is 1. The van der Waals surface area contributed by atoms with E-state index < -0.39 is 0 Å². The second-order valence-corrected chi connectivity index (χ2v) is 8.13. The van der Waals surface area contributed by atoms with E-state index in [0.717, 1.165) is 17.1 Å². The third kappa shape index (κ3) is 10.5. The Kier molecular flexibility index (Phi) is 12.3. The number of aliphatic imine (C=N–C) groups is 1. The number of hydrogen-bond donors (Lipinski definition) is 3. The molecule has 0 saturated carbocycles. The first-order valence-corrected chi connectivity index (χ1v) is 10.0. The largest absolute Gasteiger partial charge is 0.357 e. The van der Waals surface area contributed by atoms with Gasteiger partial charge in [-0.1, -0.05) is 23.7 Å². The Morgan fingerprint density at radius 2 is 2.00 bits per heavy atom. The van der Waals surface area contributed by atoms with E-state index in [9.17, 15) is 4.79 Å². The minimum absolute atomic E-state index is 0. The van der Waals surface area contributed by atoms with Gasteiger partial charge in [0.25, 0.3) is 0 Å². The van der Waals surface area contributed by atoms with E-state index in [4.69, 9.17) is 11.6 Å². The molecule has 0 aliphatic heterocycles. The van der Waals surface area contributed by atoms with Gasteiger partial charge in [-0.15, -0.1) is 24.0 Å². The molecule has 0 bridgehead atoms. The van der Waals surface area contributed by atoms with Crippen LogP contribution in [-0.2, 0) is 4.79 Å². The summed E-state index contributed by atoms with van der Waals surface area (Å²) in [7, 11) is 0. The summed E-state index contributed by atoms with van der Waals surface area (Å²) in [6, 6.07) is 7.87. The van der Waals surface area contributed by atoms with Gasteiger partial charge in [-0.2, -0.15) is 11.8 Å². The van der Waals surface area contributed by atoms with E-state index in [2.05, 4.69) is 33.3 Å². The summed E-state index contributed by atoms with van der Waals surface area (Å²) in [5.41, 5.74) is 0.906. The van der Waals surface area contributed by atoms with Crippen LogP contribution in [0.25, 0.3) is 0 Å². The van der Waals surface area contributed by atoms with Crippen molar-refractivity contribution >= 4 is 59.2 Å². The monoisotopic (exact) mass is 512 g/mol. The van der Waals surface area contributed by atoms with Crippen LogP contribution in [0, 0.1) is 0 Å². The Bertz CT molecular complexity index is 593. The lowest BCUT2D eigenvalue weighted by atomic mass is 10.1. The fourth-order valence-electron chi connectivity index (χ4n) is 2.18. The molecule has 0 aromatic heterocycles. The Hall–Kier alpha value is -0.670. The van der Waals surface area contributed by atoms with E-state index in [1.54, 1.807) is 11.8 Å². The zero-order valence-electron chi connectivity index (χ0n) is 16.1. The molecule has 0 saturated heterocycles. The Morgan fingerprint density at radius 3 is 2.54 bits per heavy atom. The number of guanidine groups is 1. The van der Waals surface area contributed by atoms with Crippen LogP contribution >= 0.6 is 47.3 Å². The molecule has 26 heavy (non-hydrogen) atoms. The molecule has 0 heterocycles. The van der Waals surface area contributed by atoms with Gasteiger partial charge in [-0.3, -0.25) is 4.79 Å². The first-order chi connectivity index (χ1) is 11.7. The lowest BCUT2D eigenvalue weighted by Gasteiger charge is -2.20. The van der Waals surface area contributed by atoms with Crippen LogP contribution in [0.2, 0.25) is 5.02 Å². The second kappa shape index (κ2) is 12.7. The molecule has 1 atom stereocenters. The number of carbonyl (C=O) groups excluding carboxylic acids is 1. The summed E-state index contributed by atoms with van der Waals surface area (Å²) in [6.07, 6.45) is 2.06. The maximum absolute atomic E-state index is 11.9. The Balaban J connectivity index is 0.00000625. The fourth-order valence-corrected chi connectivity index (χ4v) is 3.05. The lowest BCUT2D eigenvalue weighted by Crippen LogP contribution is -2.43. The molecular weight excluding hydrogens is 483 g/mol. The van der Waals surface area contributed by atoms with Gasteiger partial charge in [-0.05, 0) is 51.6 Å². The Morgan fingerprint density at radius 1 is 1.31 bits per heavy atom. The fraction of sp³-hybridized carbons (Fsp3) is 0.556. The highest BCUT2D eigenvalue weighted by Gasteiger charge is 2.14. The highest BCUT2D eigenvalue weighted by Crippen LogP contribution is 2.27. The molecule has 148 valence electrons. The van der Waals surface area contributed by atoms with Crippen molar-refractivity contribution in [2.75, 3.05) is 25.9 Å². The molecule has 0 radical (unpaired) electrons. The lowest BCUT2D eigenvalue weighted by molar-refractivity contribution is -0.121. The van der Waals surface area contributed by atoms with Crippen molar-refractivity contribution < 1.29 is 4.79 Å². The quantitative estimate of drug-likeness (QED) is 0.295. The first kappa shape index (κ1) is 25.3. The van der Waals surface area contributed by atoms with Crippen molar-refractivity contribution in [3.8, 4) is 0 Å². The van der Waals surface area contributed by atoms with E-state index in [1.165, 1.54) is 0 Å².